The van der Waals surface area contributed by atoms with Gasteiger partial charge in [-0.15, -0.1) is 0 Å². The lowest BCUT2D eigenvalue weighted by molar-refractivity contribution is 0.392. The molecule has 0 radical (unpaired) electrons. The van der Waals surface area contributed by atoms with Crippen molar-refractivity contribution in [1.82, 2.24) is 15.1 Å². The first kappa shape index (κ1) is 14.4. The highest BCUT2D eigenvalue weighted by molar-refractivity contribution is 5.43. The summed E-state index contributed by atoms with van der Waals surface area (Å²) in [5.74, 6) is 1.56. The van der Waals surface area contributed by atoms with Crippen molar-refractivity contribution in [1.29, 1.82) is 0 Å². The number of methoxy groups -OCH3 is 2. The zero-order chi connectivity index (χ0) is 14.7. The van der Waals surface area contributed by atoms with Gasteiger partial charge in [0.05, 0.1) is 26.0 Å². The number of nitrogens with zero attached hydrogens (tertiary/aromatic N) is 2. The number of rotatable bonds is 5. The Labute approximate surface area is 119 Å². The van der Waals surface area contributed by atoms with Gasteiger partial charge in [-0.05, 0) is 31.7 Å². The summed E-state index contributed by atoms with van der Waals surface area (Å²) in [4.78, 5) is 0. The lowest BCUT2D eigenvalue weighted by atomic mass is 9.99. The lowest BCUT2D eigenvalue weighted by Gasteiger charge is -2.18. The molecule has 0 saturated heterocycles. The highest BCUT2D eigenvalue weighted by atomic mass is 16.5. The predicted octanol–water partition coefficient (Wildman–Crippen LogP) is 2.05. The molecule has 1 unspecified atom stereocenters. The molecule has 5 nitrogen and oxygen atoms in total. The normalized spacial score (nSPS) is 12.2. The molecule has 0 aliphatic carbocycles. The molecule has 0 spiro atoms. The maximum atomic E-state index is 5.33. The molecule has 20 heavy (non-hydrogen) atoms. The van der Waals surface area contributed by atoms with Gasteiger partial charge in [0.1, 0.15) is 11.5 Å². The Balaban J connectivity index is 2.48. The van der Waals surface area contributed by atoms with E-state index < -0.39 is 0 Å². The number of hydrogen-bond donors (Lipinski definition) is 1. The Morgan fingerprint density at radius 1 is 1.15 bits per heavy atom. The summed E-state index contributed by atoms with van der Waals surface area (Å²) in [7, 11) is 7.17. The highest BCUT2D eigenvalue weighted by Gasteiger charge is 2.18. The quantitative estimate of drug-likeness (QED) is 0.907. The van der Waals surface area contributed by atoms with Crippen LogP contribution < -0.4 is 14.8 Å². The topological polar surface area (TPSA) is 48.3 Å². The van der Waals surface area contributed by atoms with Gasteiger partial charge in [0.25, 0.3) is 0 Å². The Hall–Kier alpha value is -2.01. The summed E-state index contributed by atoms with van der Waals surface area (Å²) in [6, 6.07) is 5.94. The monoisotopic (exact) mass is 275 g/mol. The van der Waals surface area contributed by atoms with Crippen LogP contribution in [0.5, 0.6) is 11.5 Å². The van der Waals surface area contributed by atoms with Crippen LogP contribution in [-0.2, 0) is 7.05 Å². The fourth-order valence-electron chi connectivity index (χ4n) is 2.40. The molecule has 1 N–H and O–H groups in total. The standard InChI is InChI=1S/C15H21N3O2/c1-10-14(9-18(3)17-10)15(16-2)11-6-12(19-4)8-13(7-11)20-5/h6-9,15-16H,1-5H3. The molecule has 1 atom stereocenters. The van der Waals surface area contributed by atoms with E-state index in [2.05, 4.69) is 10.4 Å². The zero-order valence-corrected chi connectivity index (χ0v) is 12.6. The van der Waals surface area contributed by atoms with Gasteiger partial charge in [0.15, 0.2) is 0 Å². The minimum absolute atomic E-state index is 0.0488. The Morgan fingerprint density at radius 3 is 2.15 bits per heavy atom. The van der Waals surface area contributed by atoms with Crippen LogP contribution in [0.15, 0.2) is 24.4 Å². The summed E-state index contributed by atoms with van der Waals surface area (Å²) in [5, 5.41) is 7.73. The second-order valence-electron chi connectivity index (χ2n) is 4.71. The second kappa shape index (κ2) is 5.96. The molecule has 0 amide bonds. The average Bonchev–Trinajstić information content (AvgIpc) is 2.78. The Bertz CT molecular complexity index is 571. The van der Waals surface area contributed by atoms with Crippen molar-refractivity contribution >= 4 is 0 Å². The number of aryl methyl sites for hydroxylation is 2. The molecule has 1 heterocycles. The fourth-order valence-corrected chi connectivity index (χ4v) is 2.40. The van der Waals surface area contributed by atoms with Crippen molar-refractivity contribution in [3.63, 3.8) is 0 Å². The first-order valence-electron chi connectivity index (χ1n) is 6.49. The van der Waals surface area contributed by atoms with Crippen molar-refractivity contribution in [2.75, 3.05) is 21.3 Å². The van der Waals surface area contributed by atoms with Gasteiger partial charge in [-0.2, -0.15) is 5.10 Å². The van der Waals surface area contributed by atoms with Crippen LogP contribution in [0, 0.1) is 6.92 Å². The van der Waals surface area contributed by atoms with Crippen LogP contribution in [0.4, 0.5) is 0 Å². The second-order valence-corrected chi connectivity index (χ2v) is 4.71. The smallest absolute Gasteiger partial charge is 0.122 e. The van der Waals surface area contributed by atoms with E-state index in [1.54, 1.807) is 14.2 Å². The third-order valence-corrected chi connectivity index (χ3v) is 3.36. The number of nitrogens with one attached hydrogen (secondary N) is 1. The predicted molar refractivity (Wildman–Crippen MR) is 78.4 cm³/mol. The van der Waals surface area contributed by atoms with E-state index in [0.717, 1.165) is 28.3 Å². The van der Waals surface area contributed by atoms with E-state index in [0.29, 0.717) is 0 Å². The number of ether oxygens (including phenoxy) is 2. The van der Waals surface area contributed by atoms with Crippen molar-refractivity contribution in [2.24, 2.45) is 7.05 Å². The van der Waals surface area contributed by atoms with E-state index in [9.17, 15) is 0 Å². The van der Waals surface area contributed by atoms with Crippen LogP contribution in [0.2, 0.25) is 0 Å². The third kappa shape index (κ3) is 2.77. The first-order valence-corrected chi connectivity index (χ1v) is 6.49. The van der Waals surface area contributed by atoms with Gasteiger partial charge in [-0.25, -0.2) is 0 Å². The maximum absolute atomic E-state index is 5.33. The molecule has 1 aromatic carbocycles. The summed E-state index contributed by atoms with van der Waals surface area (Å²) >= 11 is 0. The summed E-state index contributed by atoms with van der Waals surface area (Å²) in [5.41, 5.74) is 3.23. The molecular weight excluding hydrogens is 254 g/mol. The van der Waals surface area contributed by atoms with Gasteiger partial charge >= 0.3 is 0 Å². The van der Waals surface area contributed by atoms with Crippen molar-refractivity contribution < 1.29 is 9.47 Å². The minimum Gasteiger partial charge on any atom is -0.497 e. The van der Waals surface area contributed by atoms with Crippen molar-refractivity contribution in [2.45, 2.75) is 13.0 Å². The largest absolute Gasteiger partial charge is 0.497 e. The molecule has 0 aliphatic heterocycles. The molecule has 0 bridgehead atoms. The number of aromatic nitrogens is 2. The molecule has 1 aromatic heterocycles. The van der Waals surface area contributed by atoms with Gasteiger partial charge in [0, 0.05) is 24.9 Å². The maximum Gasteiger partial charge on any atom is 0.122 e. The molecule has 0 saturated carbocycles. The van der Waals surface area contributed by atoms with Crippen LogP contribution >= 0.6 is 0 Å². The molecular formula is C15H21N3O2. The van der Waals surface area contributed by atoms with E-state index in [1.165, 1.54) is 0 Å². The third-order valence-electron chi connectivity index (χ3n) is 3.36. The van der Waals surface area contributed by atoms with Gasteiger partial charge in [0.2, 0.25) is 0 Å². The average molecular weight is 275 g/mol. The Morgan fingerprint density at radius 2 is 1.75 bits per heavy atom. The van der Waals surface area contributed by atoms with Gasteiger partial charge in [-0.1, -0.05) is 0 Å². The van der Waals surface area contributed by atoms with E-state index in [1.807, 2.05) is 50.1 Å². The van der Waals surface area contributed by atoms with E-state index in [-0.39, 0.29) is 6.04 Å². The molecule has 0 fully saturated rings. The van der Waals surface area contributed by atoms with Crippen molar-refractivity contribution in [3.8, 4) is 11.5 Å². The first-order chi connectivity index (χ1) is 9.58. The van der Waals surface area contributed by atoms with Crippen molar-refractivity contribution in [3.05, 3.63) is 41.2 Å². The van der Waals surface area contributed by atoms with Gasteiger partial charge < -0.3 is 14.8 Å². The lowest BCUT2D eigenvalue weighted by Crippen LogP contribution is -2.18. The summed E-state index contributed by atoms with van der Waals surface area (Å²) < 4.78 is 12.5. The van der Waals surface area contributed by atoms with Crippen LogP contribution in [0.3, 0.4) is 0 Å². The van der Waals surface area contributed by atoms with E-state index >= 15 is 0 Å². The molecule has 2 aromatic rings. The van der Waals surface area contributed by atoms with Crippen LogP contribution in [0.1, 0.15) is 22.9 Å². The SMILES string of the molecule is CNC(c1cc(OC)cc(OC)c1)c1cn(C)nc1C. The molecule has 5 heteroatoms. The minimum atomic E-state index is 0.0488. The van der Waals surface area contributed by atoms with E-state index in [4.69, 9.17) is 9.47 Å². The molecule has 0 aliphatic rings. The van der Waals surface area contributed by atoms with Crippen LogP contribution in [-0.4, -0.2) is 31.0 Å². The number of hydrogen-bond acceptors (Lipinski definition) is 4. The zero-order valence-electron chi connectivity index (χ0n) is 12.6. The molecule has 2 rings (SSSR count). The van der Waals surface area contributed by atoms with Crippen LogP contribution in [0.25, 0.3) is 0 Å². The summed E-state index contributed by atoms with van der Waals surface area (Å²) in [6.07, 6.45) is 2.03. The van der Waals surface area contributed by atoms with Gasteiger partial charge in [-0.3, -0.25) is 4.68 Å². The Kier molecular flexibility index (Phi) is 4.29. The summed E-state index contributed by atoms with van der Waals surface area (Å²) in [6.45, 7) is 2.01. The number of benzene rings is 1. The highest BCUT2D eigenvalue weighted by Crippen LogP contribution is 2.30. The fraction of sp³-hybridized carbons (Fsp3) is 0.400. The molecule has 108 valence electrons.